The zero-order valence-corrected chi connectivity index (χ0v) is 25.9. The van der Waals surface area contributed by atoms with Crippen LogP contribution >= 0.6 is 23.2 Å². The normalized spacial score (nSPS) is 16.5. The highest BCUT2D eigenvalue weighted by atomic mass is 35.5. The van der Waals surface area contributed by atoms with Crippen molar-refractivity contribution in [2.45, 2.75) is 30.6 Å². The van der Waals surface area contributed by atoms with Gasteiger partial charge in [-0.25, -0.2) is 8.42 Å². The maximum Gasteiger partial charge on any atom is 0.262 e. The zero-order valence-electron chi connectivity index (χ0n) is 23.5. The van der Waals surface area contributed by atoms with E-state index >= 15 is 0 Å². The van der Waals surface area contributed by atoms with Crippen LogP contribution in [-0.4, -0.2) is 57.9 Å². The van der Waals surface area contributed by atoms with Crippen molar-refractivity contribution in [2.24, 2.45) is 11.8 Å². The number of hydrogen-bond acceptors (Lipinski definition) is 6. The van der Waals surface area contributed by atoms with Crippen LogP contribution in [0.4, 0.5) is 5.69 Å². The minimum absolute atomic E-state index is 0.00694. The summed E-state index contributed by atoms with van der Waals surface area (Å²) in [6, 6.07) is 17.1. The zero-order chi connectivity index (χ0) is 30.4. The Hall–Kier alpha value is -3.31. The fourth-order valence-corrected chi connectivity index (χ4v) is 6.82. The molecule has 0 spiro atoms. The van der Waals surface area contributed by atoms with Crippen molar-refractivity contribution < 1.29 is 22.7 Å². The molecule has 0 aliphatic carbocycles. The molecule has 2 aliphatic rings. The number of halogens is 2. The third-order valence-corrected chi connectivity index (χ3v) is 9.75. The summed E-state index contributed by atoms with van der Waals surface area (Å²) in [6.07, 6.45) is 3.35. The van der Waals surface area contributed by atoms with Gasteiger partial charge in [-0.3, -0.25) is 14.3 Å². The van der Waals surface area contributed by atoms with Gasteiger partial charge in [0.05, 0.1) is 15.6 Å². The Bertz CT molecular complexity index is 1550. The van der Waals surface area contributed by atoms with Crippen LogP contribution in [0.5, 0.6) is 11.5 Å². The summed E-state index contributed by atoms with van der Waals surface area (Å²) in [4.78, 5) is 27.5. The number of carbonyl (C=O) groups is 2. The molecule has 0 aromatic heterocycles. The molecule has 228 valence electrons. The molecule has 5 rings (SSSR count). The molecule has 3 N–H and O–H groups in total. The topological polar surface area (TPSA) is 117 Å². The highest BCUT2D eigenvalue weighted by Crippen LogP contribution is 2.36. The van der Waals surface area contributed by atoms with Crippen molar-refractivity contribution in [3.05, 3.63) is 82.3 Å². The van der Waals surface area contributed by atoms with E-state index < -0.39 is 10.0 Å². The van der Waals surface area contributed by atoms with Gasteiger partial charge >= 0.3 is 0 Å². The number of para-hydroxylation sites is 2. The first-order valence-electron chi connectivity index (χ1n) is 14.3. The van der Waals surface area contributed by atoms with Crippen LogP contribution in [0.1, 0.15) is 36.0 Å². The van der Waals surface area contributed by atoms with Gasteiger partial charge in [-0.15, -0.1) is 0 Å². The van der Waals surface area contributed by atoms with Gasteiger partial charge in [-0.05, 0) is 99.3 Å². The predicted molar refractivity (Wildman–Crippen MR) is 167 cm³/mol. The molecule has 2 fully saturated rings. The lowest BCUT2D eigenvalue weighted by molar-refractivity contribution is -0.126. The SMILES string of the molecule is O=C(NCC1CCNCC1)C1CCN(C(=O)c2ccc(S(=O)(=O)Nc3ccccc3Oc3ccc(Cl)cc3Cl)cc2)CC1. The van der Waals surface area contributed by atoms with Gasteiger partial charge in [0.25, 0.3) is 15.9 Å². The van der Waals surface area contributed by atoms with E-state index in [1.165, 1.54) is 30.3 Å². The van der Waals surface area contributed by atoms with E-state index in [-0.39, 0.29) is 39.1 Å². The minimum atomic E-state index is -4.00. The first kappa shape index (κ1) is 31.1. The highest BCUT2D eigenvalue weighted by Gasteiger charge is 2.28. The van der Waals surface area contributed by atoms with Gasteiger partial charge in [0.1, 0.15) is 5.75 Å². The number of sulfonamides is 1. The third kappa shape index (κ3) is 8.00. The molecule has 0 bridgehead atoms. The number of hydrogen-bond donors (Lipinski definition) is 3. The summed E-state index contributed by atoms with van der Waals surface area (Å²) in [5.74, 6) is 0.866. The summed E-state index contributed by atoms with van der Waals surface area (Å²) < 4.78 is 34.8. The smallest absolute Gasteiger partial charge is 0.262 e. The van der Waals surface area contributed by atoms with E-state index in [0.29, 0.717) is 54.7 Å². The van der Waals surface area contributed by atoms with Crippen LogP contribution in [0.15, 0.2) is 71.6 Å². The number of anilines is 1. The number of rotatable bonds is 9. The summed E-state index contributed by atoms with van der Waals surface area (Å²) >= 11 is 12.2. The van der Waals surface area contributed by atoms with Crippen LogP contribution in [0.3, 0.4) is 0 Å². The number of amides is 2. The molecule has 2 heterocycles. The molecule has 2 amide bonds. The monoisotopic (exact) mass is 644 g/mol. The number of carbonyl (C=O) groups excluding carboxylic acids is 2. The summed E-state index contributed by atoms with van der Waals surface area (Å²) in [7, 11) is -4.00. The number of benzene rings is 3. The average Bonchev–Trinajstić information content (AvgIpc) is 3.02. The first-order chi connectivity index (χ1) is 20.7. The van der Waals surface area contributed by atoms with Crippen LogP contribution in [-0.2, 0) is 14.8 Å². The second-order valence-corrected chi connectivity index (χ2v) is 13.3. The molecule has 43 heavy (non-hydrogen) atoms. The van der Waals surface area contributed by atoms with Crippen LogP contribution in [0.25, 0.3) is 0 Å². The standard InChI is InChI=1S/C31H34Cl2N4O5S/c32-24-7-10-28(26(33)19-24)42-29-4-2-1-3-27(29)36-43(40,41)25-8-5-23(6-9-25)31(39)37-17-13-22(14-18-37)30(38)35-20-21-11-15-34-16-12-21/h1-10,19,21-22,34,36H,11-18,20H2,(H,35,38). The molecule has 9 nitrogen and oxygen atoms in total. The summed E-state index contributed by atoms with van der Waals surface area (Å²) in [5.41, 5.74) is 0.602. The molecule has 2 saturated heterocycles. The Morgan fingerprint density at radius 1 is 0.907 bits per heavy atom. The number of nitrogens with one attached hydrogen (secondary N) is 3. The molecular weight excluding hydrogens is 611 g/mol. The molecule has 2 aliphatic heterocycles. The minimum Gasteiger partial charge on any atom is -0.454 e. The average molecular weight is 646 g/mol. The Balaban J connectivity index is 1.17. The van der Waals surface area contributed by atoms with Crippen molar-refractivity contribution in [1.29, 1.82) is 0 Å². The maximum absolute atomic E-state index is 13.2. The van der Waals surface area contributed by atoms with Crippen molar-refractivity contribution >= 4 is 50.7 Å². The Kier molecular flexibility index (Phi) is 10.1. The number of nitrogens with zero attached hydrogens (tertiary/aromatic N) is 1. The highest BCUT2D eigenvalue weighted by molar-refractivity contribution is 7.92. The fourth-order valence-electron chi connectivity index (χ4n) is 5.30. The Morgan fingerprint density at radius 3 is 2.30 bits per heavy atom. The van der Waals surface area contributed by atoms with Crippen molar-refractivity contribution in [2.75, 3.05) is 37.4 Å². The van der Waals surface area contributed by atoms with Crippen LogP contribution in [0.2, 0.25) is 10.0 Å². The molecule has 3 aromatic carbocycles. The molecule has 0 atom stereocenters. The predicted octanol–water partition coefficient (Wildman–Crippen LogP) is 5.55. The van der Waals surface area contributed by atoms with Gasteiger partial charge in [-0.1, -0.05) is 35.3 Å². The summed E-state index contributed by atoms with van der Waals surface area (Å²) in [6.45, 7) is 3.64. The largest absolute Gasteiger partial charge is 0.454 e. The Morgan fingerprint density at radius 2 is 1.60 bits per heavy atom. The molecule has 12 heteroatoms. The van der Waals surface area contributed by atoms with Gasteiger partial charge < -0.3 is 20.3 Å². The van der Waals surface area contributed by atoms with Crippen molar-refractivity contribution in [1.82, 2.24) is 15.5 Å². The van der Waals surface area contributed by atoms with E-state index in [0.717, 1.165) is 25.9 Å². The van der Waals surface area contributed by atoms with Gasteiger partial charge in [-0.2, -0.15) is 0 Å². The summed E-state index contributed by atoms with van der Waals surface area (Å²) in [5, 5.41) is 7.17. The van der Waals surface area contributed by atoms with Gasteiger partial charge in [0.2, 0.25) is 5.91 Å². The van der Waals surface area contributed by atoms with Crippen LogP contribution < -0.4 is 20.1 Å². The van der Waals surface area contributed by atoms with Gasteiger partial charge in [0.15, 0.2) is 5.75 Å². The van der Waals surface area contributed by atoms with Gasteiger partial charge in [0, 0.05) is 36.1 Å². The molecular formula is C31H34Cl2N4O5S. The third-order valence-electron chi connectivity index (χ3n) is 7.83. The molecule has 3 aromatic rings. The fraction of sp³-hybridized carbons (Fsp3) is 0.355. The number of ether oxygens (including phenoxy) is 1. The van der Waals surface area contributed by atoms with Crippen molar-refractivity contribution in [3.63, 3.8) is 0 Å². The lowest BCUT2D eigenvalue weighted by atomic mass is 9.94. The quantitative estimate of drug-likeness (QED) is 0.281. The van der Waals surface area contributed by atoms with E-state index in [2.05, 4.69) is 15.4 Å². The lowest BCUT2D eigenvalue weighted by Gasteiger charge is -2.32. The maximum atomic E-state index is 13.2. The van der Waals surface area contributed by atoms with E-state index in [4.69, 9.17) is 27.9 Å². The number of likely N-dealkylation sites (tertiary alicyclic amines) is 1. The number of piperidine rings is 2. The molecule has 0 unspecified atom stereocenters. The molecule has 0 radical (unpaired) electrons. The second kappa shape index (κ2) is 14.0. The van der Waals surface area contributed by atoms with E-state index in [1.807, 2.05) is 0 Å². The van der Waals surface area contributed by atoms with E-state index in [9.17, 15) is 18.0 Å². The van der Waals surface area contributed by atoms with E-state index in [1.54, 1.807) is 41.3 Å². The first-order valence-corrected chi connectivity index (χ1v) is 16.6. The van der Waals surface area contributed by atoms with Crippen LogP contribution in [0, 0.1) is 11.8 Å². The Labute approximate surface area is 261 Å². The molecule has 0 saturated carbocycles. The second-order valence-electron chi connectivity index (χ2n) is 10.8. The lowest BCUT2D eigenvalue weighted by Crippen LogP contribution is -2.44. The van der Waals surface area contributed by atoms with Crippen molar-refractivity contribution in [3.8, 4) is 11.5 Å².